The van der Waals surface area contributed by atoms with E-state index in [1.807, 2.05) is 0 Å². The SMILES string of the molecule is O=C(C1CCNCC1)N1CCC(NS(=O)(=O)CC=Cc2cc(S(=O)(=O)c3ccccc3)ccc2C(F)(F)F)CC1. The van der Waals surface area contributed by atoms with Crippen LogP contribution in [-0.2, 0) is 30.8 Å². The lowest BCUT2D eigenvalue weighted by atomic mass is 9.95. The van der Waals surface area contributed by atoms with Crippen molar-refractivity contribution in [1.82, 2.24) is 14.9 Å². The molecule has 1 amide bonds. The fourth-order valence-electron chi connectivity index (χ4n) is 4.99. The summed E-state index contributed by atoms with van der Waals surface area (Å²) in [5.74, 6) is -0.501. The van der Waals surface area contributed by atoms with Crippen LogP contribution in [0.2, 0.25) is 0 Å². The van der Waals surface area contributed by atoms with Crippen molar-refractivity contribution in [2.45, 2.75) is 47.7 Å². The number of piperidine rings is 2. The normalized spacial score (nSPS) is 18.3. The Morgan fingerprint density at radius 3 is 2.23 bits per heavy atom. The Balaban J connectivity index is 1.41. The van der Waals surface area contributed by atoms with Gasteiger partial charge in [0, 0.05) is 25.0 Å². The summed E-state index contributed by atoms with van der Waals surface area (Å²) in [6.07, 6.45) is -0.266. The highest BCUT2D eigenvalue weighted by molar-refractivity contribution is 7.91. The predicted molar refractivity (Wildman–Crippen MR) is 144 cm³/mol. The fourth-order valence-corrected chi connectivity index (χ4v) is 7.49. The molecule has 40 heavy (non-hydrogen) atoms. The van der Waals surface area contributed by atoms with Gasteiger partial charge in [-0.1, -0.05) is 30.4 Å². The van der Waals surface area contributed by atoms with E-state index in [1.54, 1.807) is 11.0 Å². The number of likely N-dealkylation sites (tertiary alicyclic amines) is 1. The molecule has 2 heterocycles. The van der Waals surface area contributed by atoms with Gasteiger partial charge in [-0.25, -0.2) is 21.6 Å². The van der Waals surface area contributed by atoms with Gasteiger partial charge in [0.05, 0.1) is 21.1 Å². The van der Waals surface area contributed by atoms with Crippen LogP contribution in [0.3, 0.4) is 0 Å². The quantitative estimate of drug-likeness (QED) is 0.481. The zero-order chi connectivity index (χ0) is 29.0. The van der Waals surface area contributed by atoms with Crippen LogP contribution in [0.1, 0.15) is 36.8 Å². The van der Waals surface area contributed by atoms with Gasteiger partial charge >= 0.3 is 6.18 Å². The number of hydrogen-bond acceptors (Lipinski definition) is 6. The molecule has 8 nitrogen and oxygen atoms in total. The van der Waals surface area contributed by atoms with Crippen LogP contribution < -0.4 is 10.0 Å². The van der Waals surface area contributed by atoms with Gasteiger partial charge in [0.15, 0.2) is 0 Å². The Morgan fingerprint density at radius 2 is 1.60 bits per heavy atom. The van der Waals surface area contributed by atoms with Gasteiger partial charge in [0.1, 0.15) is 0 Å². The van der Waals surface area contributed by atoms with Crippen LogP contribution in [0.15, 0.2) is 64.4 Å². The maximum atomic E-state index is 13.6. The molecule has 2 aliphatic heterocycles. The first kappa shape index (κ1) is 30.2. The van der Waals surface area contributed by atoms with Crippen molar-refractivity contribution < 1.29 is 34.8 Å². The molecule has 13 heteroatoms. The highest BCUT2D eigenvalue weighted by Crippen LogP contribution is 2.35. The summed E-state index contributed by atoms with van der Waals surface area (Å²) < 4.78 is 94.7. The molecule has 218 valence electrons. The van der Waals surface area contributed by atoms with Gasteiger partial charge in [0.25, 0.3) is 0 Å². The van der Waals surface area contributed by atoms with Crippen LogP contribution in [0, 0.1) is 5.92 Å². The number of halogens is 3. The Kier molecular flexibility index (Phi) is 9.38. The number of nitrogens with one attached hydrogen (secondary N) is 2. The van der Waals surface area contributed by atoms with Gasteiger partial charge in [-0.2, -0.15) is 13.2 Å². The molecule has 2 aliphatic rings. The molecule has 0 spiro atoms. The highest BCUT2D eigenvalue weighted by Gasteiger charge is 2.34. The Hall–Kier alpha value is -2.74. The molecule has 0 atom stereocenters. The van der Waals surface area contributed by atoms with Crippen molar-refractivity contribution in [3.8, 4) is 0 Å². The van der Waals surface area contributed by atoms with E-state index in [-0.39, 0.29) is 27.7 Å². The third-order valence-corrected chi connectivity index (χ3v) is 10.2. The third kappa shape index (κ3) is 7.50. The number of nitrogens with zero attached hydrogens (tertiary/aromatic N) is 1. The minimum atomic E-state index is -4.77. The van der Waals surface area contributed by atoms with Gasteiger partial charge in [-0.05, 0) is 74.7 Å². The van der Waals surface area contributed by atoms with Crippen molar-refractivity contribution in [3.05, 3.63) is 65.7 Å². The molecule has 4 rings (SSSR count). The largest absolute Gasteiger partial charge is 0.416 e. The maximum Gasteiger partial charge on any atom is 0.416 e. The minimum absolute atomic E-state index is 0.0117. The summed E-state index contributed by atoms with van der Waals surface area (Å²) in [5.41, 5.74) is -1.53. The lowest BCUT2D eigenvalue weighted by molar-refractivity contribution is -0.138. The number of hydrogen-bond donors (Lipinski definition) is 2. The highest BCUT2D eigenvalue weighted by atomic mass is 32.2. The van der Waals surface area contributed by atoms with Crippen LogP contribution in [-0.4, -0.2) is 65.6 Å². The van der Waals surface area contributed by atoms with Gasteiger partial charge in [-0.3, -0.25) is 4.79 Å². The van der Waals surface area contributed by atoms with Crippen molar-refractivity contribution in [2.75, 3.05) is 31.9 Å². The molecular weight excluding hydrogens is 567 g/mol. The number of benzene rings is 2. The van der Waals surface area contributed by atoms with E-state index in [0.29, 0.717) is 32.0 Å². The van der Waals surface area contributed by atoms with Crippen LogP contribution in [0.4, 0.5) is 13.2 Å². The van der Waals surface area contributed by atoms with E-state index >= 15 is 0 Å². The minimum Gasteiger partial charge on any atom is -0.342 e. The van der Waals surface area contributed by atoms with Crippen molar-refractivity contribution in [3.63, 3.8) is 0 Å². The zero-order valence-corrected chi connectivity index (χ0v) is 23.4. The molecule has 0 unspecified atom stereocenters. The van der Waals surface area contributed by atoms with Crippen LogP contribution in [0.5, 0.6) is 0 Å². The molecule has 2 aromatic rings. The molecule has 2 aromatic carbocycles. The van der Waals surface area contributed by atoms with Crippen LogP contribution in [0.25, 0.3) is 6.08 Å². The van der Waals surface area contributed by atoms with E-state index in [2.05, 4.69) is 10.0 Å². The lowest BCUT2D eigenvalue weighted by Crippen LogP contribution is -2.49. The fraction of sp³-hybridized carbons (Fsp3) is 0.444. The van der Waals surface area contributed by atoms with E-state index in [4.69, 9.17) is 0 Å². The monoisotopic (exact) mass is 599 g/mol. The second-order valence-corrected chi connectivity index (χ2v) is 13.7. The van der Waals surface area contributed by atoms with Crippen LogP contribution >= 0.6 is 0 Å². The molecule has 0 saturated carbocycles. The molecule has 2 N–H and O–H groups in total. The summed E-state index contributed by atoms with van der Waals surface area (Å²) in [7, 11) is -7.96. The third-order valence-electron chi connectivity index (χ3n) is 7.15. The molecule has 0 aliphatic carbocycles. The summed E-state index contributed by atoms with van der Waals surface area (Å²) in [4.78, 5) is 14.1. The zero-order valence-electron chi connectivity index (χ0n) is 21.7. The number of carbonyl (C=O) groups is 1. The first-order chi connectivity index (χ1) is 18.9. The second-order valence-electron chi connectivity index (χ2n) is 9.99. The second kappa shape index (κ2) is 12.4. The van der Waals surface area contributed by atoms with E-state index in [1.165, 1.54) is 24.3 Å². The van der Waals surface area contributed by atoms with Crippen molar-refractivity contribution >= 4 is 31.8 Å². The number of alkyl halides is 3. The molecular formula is C27H32F3N3O5S2. The van der Waals surface area contributed by atoms with E-state index < -0.39 is 42.9 Å². The Morgan fingerprint density at radius 1 is 0.950 bits per heavy atom. The number of carbonyl (C=O) groups excluding carboxylic acids is 1. The molecule has 2 saturated heterocycles. The number of sulfonamides is 1. The van der Waals surface area contributed by atoms with Crippen molar-refractivity contribution in [1.29, 1.82) is 0 Å². The first-order valence-electron chi connectivity index (χ1n) is 13.0. The molecule has 0 bridgehead atoms. The molecule has 0 aromatic heterocycles. The number of amides is 1. The van der Waals surface area contributed by atoms with Gasteiger partial charge in [-0.15, -0.1) is 0 Å². The topological polar surface area (TPSA) is 113 Å². The average Bonchev–Trinajstić information content (AvgIpc) is 2.93. The molecule has 2 fully saturated rings. The lowest BCUT2D eigenvalue weighted by Gasteiger charge is -2.35. The summed E-state index contributed by atoms with van der Waals surface area (Å²) >= 11 is 0. The molecule has 0 radical (unpaired) electrons. The van der Waals surface area contributed by atoms with E-state index in [0.717, 1.165) is 50.2 Å². The average molecular weight is 600 g/mol. The predicted octanol–water partition coefficient (Wildman–Crippen LogP) is 3.46. The van der Waals surface area contributed by atoms with Crippen molar-refractivity contribution in [2.24, 2.45) is 5.92 Å². The summed E-state index contributed by atoms with van der Waals surface area (Å²) in [5, 5.41) is 3.22. The maximum absolute atomic E-state index is 13.6. The Bertz CT molecular complexity index is 1430. The van der Waals surface area contributed by atoms with Gasteiger partial charge in [0.2, 0.25) is 25.8 Å². The van der Waals surface area contributed by atoms with E-state index in [9.17, 15) is 34.8 Å². The van der Waals surface area contributed by atoms with Gasteiger partial charge < -0.3 is 10.2 Å². The standard InChI is InChI=1S/C27H32F3N3O5S2/c28-27(29,30)25-9-8-24(40(37,38)23-6-2-1-3-7-23)19-21(25)5-4-18-39(35,36)32-22-12-16-33(17-13-22)26(34)20-10-14-31-15-11-20/h1-9,19-20,22,31-32H,10-18H2. The Labute approximate surface area is 232 Å². The first-order valence-corrected chi connectivity index (χ1v) is 16.2. The summed E-state index contributed by atoms with van der Waals surface area (Å²) in [6, 6.07) is 9.40. The number of rotatable bonds is 8. The summed E-state index contributed by atoms with van der Waals surface area (Å²) in [6.45, 7) is 2.47. The number of sulfone groups is 1. The smallest absolute Gasteiger partial charge is 0.342 e.